The summed E-state index contributed by atoms with van der Waals surface area (Å²) < 4.78 is 0. The van der Waals surface area contributed by atoms with Gasteiger partial charge in [-0.3, -0.25) is 0 Å². The number of azo groups is 1. The Labute approximate surface area is 122 Å². The molecule has 0 aliphatic heterocycles. The molecule has 0 atom stereocenters. The average Bonchev–Trinajstić information content (AvgIpc) is 2.74. The van der Waals surface area contributed by atoms with E-state index in [1.807, 2.05) is 0 Å². The van der Waals surface area contributed by atoms with Crippen LogP contribution in [0, 0.1) is 6.92 Å². The van der Waals surface area contributed by atoms with Crippen LogP contribution in [0.15, 0.2) is 28.4 Å². The summed E-state index contributed by atoms with van der Waals surface area (Å²) in [6, 6.07) is 3.22. The number of carboxylic acids is 2. The molecule has 0 unspecified atom stereocenters. The van der Waals surface area contributed by atoms with Crippen molar-refractivity contribution in [3.8, 4) is 0 Å². The number of nitrogens with zero attached hydrogens (tertiary/aromatic N) is 3. The highest BCUT2D eigenvalue weighted by Gasteiger charge is 2.05. The molecular weight excluding hydrogens is 296 g/mol. The molecule has 0 saturated heterocycles. The monoisotopic (exact) mass is 304 g/mol. The Morgan fingerprint density at radius 1 is 1.14 bits per heavy atom. The van der Waals surface area contributed by atoms with Crippen LogP contribution in [0.5, 0.6) is 0 Å². The van der Waals surface area contributed by atoms with E-state index in [0.717, 1.165) is 29.5 Å². The van der Waals surface area contributed by atoms with Gasteiger partial charge in [-0.2, -0.15) is 0 Å². The smallest absolute Gasteiger partial charge is 0.182 e. The molecule has 1 aromatic carbocycles. The lowest BCUT2D eigenvalue weighted by Crippen LogP contribution is -2.25. The first-order valence-electron chi connectivity index (χ1n) is 5.59. The molecule has 0 fully saturated rings. The first-order valence-corrected chi connectivity index (χ1v) is 6.41. The normalized spacial score (nSPS) is 10.9. The van der Waals surface area contributed by atoms with Crippen molar-refractivity contribution in [1.29, 1.82) is 0 Å². The van der Waals surface area contributed by atoms with Crippen molar-refractivity contribution in [1.82, 2.24) is 4.98 Å². The van der Waals surface area contributed by atoms with E-state index in [1.54, 1.807) is 6.92 Å². The number of rotatable bonds is 4. The van der Waals surface area contributed by atoms with Crippen molar-refractivity contribution in [2.75, 3.05) is 5.73 Å². The largest absolute Gasteiger partial charge is 0.545 e. The van der Waals surface area contributed by atoms with E-state index >= 15 is 0 Å². The van der Waals surface area contributed by atoms with Crippen LogP contribution < -0.4 is 15.9 Å². The molecule has 2 N–H and O–H groups in total. The third kappa shape index (κ3) is 3.39. The Balaban J connectivity index is 2.41. The van der Waals surface area contributed by atoms with E-state index < -0.39 is 11.9 Å². The molecule has 0 aliphatic rings. The second kappa shape index (κ2) is 5.67. The van der Waals surface area contributed by atoms with Gasteiger partial charge in [0.25, 0.3) is 0 Å². The summed E-state index contributed by atoms with van der Waals surface area (Å²) in [6.07, 6.45) is 0. The lowest BCUT2D eigenvalue weighted by molar-refractivity contribution is -0.255. The SMILES string of the molecule is Cc1nc(N)sc1N=Nc1cc(C(=O)[O-])cc(C(=O)[O-])c1. The van der Waals surface area contributed by atoms with Crippen LogP contribution in [0.25, 0.3) is 0 Å². The van der Waals surface area contributed by atoms with Gasteiger partial charge in [0.05, 0.1) is 23.3 Å². The molecule has 21 heavy (non-hydrogen) atoms. The van der Waals surface area contributed by atoms with Crippen molar-refractivity contribution in [3.05, 3.63) is 35.0 Å². The summed E-state index contributed by atoms with van der Waals surface area (Å²) in [7, 11) is 0. The third-order valence-electron chi connectivity index (χ3n) is 2.43. The van der Waals surface area contributed by atoms with E-state index in [4.69, 9.17) is 5.73 Å². The molecule has 108 valence electrons. The van der Waals surface area contributed by atoms with Gasteiger partial charge in [-0.1, -0.05) is 11.3 Å². The van der Waals surface area contributed by atoms with Crippen molar-refractivity contribution < 1.29 is 19.8 Å². The van der Waals surface area contributed by atoms with E-state index in [2.05, 4.69) is 15.2 Å². The van der Waals surface area contributed by atoms with Gasteiger partial charge in [0.2, 0.25) is 0 Å². The molecule has 2 aromatic rings. The molecule has 0 aliphatic carbocycles. The van der Waals surface area contributed by atoms with Gasteiger partial charge >= 0.3 is 0 Å². The van der Waals surface area contributed by atoms with Crippen molar-refractivity contribution >= 4 is 39.1 Å². The summed E-state index contributed by atoms with van der Waals surface area (Å²) in [4.78, 5) is 25.6. The maximum atomic E-state index is 10.8. The van der Waals surface area contributed by atoms with Gasteiger partial charge in [0, 0.05) is 11.1 Å². The molecule has 1 heterocycles. The molecule has 0 amide bonds. The number of nitrogens with two attached hydrogens (primary N) is 1. The fraction of sp³-hybridized carbons (Fsp3) is 0.0833. The van der Waals surface area contributed by atoms with E-state index in [-0.39, 0.29) is 16.8 Å². The van der Waals surface area contributed by atoms with Crippen molar-refractivity contribution in [3.63, 3.8) is 0 Å². The predicted octanol–water partition coefficient (Wildman–Crippen LogP) is 0.176. The summed E-state index contributed by atoms with van der Waals surface area (Å²) in [5.41, 5.74) is 5.47. The van der Waals surface area contributed by atoms with E-state index in [1.165, 1.54) is 0 Å². The molecule has 0 radical (unpaired) electrons. The van der Waals surface area contributed by atoms with Gasteiger partial charge in [0.1, 0.15) is 0 Å². The fourth-order valence-electron chi connectivity index (χ4n) is 1.51. The summed E-state index contributed by atoms with van der Waals surface area (Å²) in [5, 5.41) is 30.1. The predicted molar refractivity (Wildman–Crippen MR) is 70.5 cm³/mol. The number of hydrogen-bond donors (Lipinski definition) is 1. The molecule has 1 aromatic heterocycles. The van der Waals surface area contributed by atoms with Gasteiger partial charge < -0.3 is 25.5 Å². The highest BCUT2D eigenvalue weighted by Crippen LogP contribution is 2.30. The number of nitrogen functional groups attached to an aromatic ring is 1. The zero-order valence-electron chi connectivity index (χ0n) is 10.7. The van der Waals surface area contributed by atoms with Crippen LogP contribution in [0.3, 0.4) is 0 Å². The Hall–Kier alpha value is -2.81. The zero-order valence-corrected chi connectivity index (χ0v) is 11.5. The molecular formula is C12H8N4O4S-2. The summed E-state index contributed by atoms with van der Waals surface area (Å²) >= 11 is 1.10. The average molecular weight is 304 g/mol. The molecule has 8 nitrogen and oxygen atoms in total. The van der Waals surface area contributed by atoms with Gasteiger partial charge in [0.15, 0.2) is 10.1 Å². The number of carboxylic acid groups (broad SMARTS) is 2. The second-order valence-electron chi connectivity index (χ2n) is 3.99. The standard InChI is InChI=1S/C12H10N4O4S/c1-5-9(21-12(13)14-5)16-15-8-3-6(10(17)18)2-7(4-8)11(19)20/h2-4H,1H3,(H2,13,14)(H,17,18)(H,19,20)/p-2. The highest BCUT2D eigenvalue weighted by molar-refractivity contribution is 7.19. The lowest BCUT2D eigenvalue weighted by Gasteiger charge is -2.08. The molecule has 9 heteroatoms. The number of aromatic carboxylic acids is 2. The van der Waals surface area contributed by atoms with Crippen LogP contribution in [-0.4, -0.2) is 16.9 Å². The van der Waals surface area contributed by atoms with Crippen LogP contribution in [0.4, 0.5) is 15.8 Å². The van der Waals surface area contributed by atoms with Gasteiger partial charge in [-0.05, 0) is 25.1 Å². The topological polar surface area (TPSA) is 144 Å². The number of hydrogen-bond acceptors (Lipinski definition) is 9. The number of anilines is 1. The molecule has 0 saturated carbocycles. The zero-order chi connectivity index (χ0) is 15.6. The van der Waals surface area contributed by atoms with Crippen molar-refractivity contribution in [2.24, 2.45) is 10.2 Å². The van der Waals surface area contributed by atoms with Crippen LogP contribution in [0.2, 0.25) is 0 Å². The van der Waals surface area contributed by atoms with Gasteiger partial charge in [-0.15, -0.1) is 10.2 Å². The maximum absolute atomic E-state index is 10.8. The minimum absolute atomic E-state index is 0.0438. The van der Waals surface area contributed by atoms with E-state index in [0.29, 0.717) is 15.8 Å². The van der Waals surface area contributed by atoms with Crippen LogP contribution in [0.1, 0.15) is 26.4 Å². The minimum Gasteiger partial charge on any atom is -0.545 e. The van der Waals surface area contributed by atoms with Gasteiger partial charge in [-0.25, -0.2) is 4.98 Å². The minimum atomic E-state index is -1.52. The fourth-order valence-corrected chi connectivity index (χ4v) is 2.17. The molecule has 2 rings (SSSR count). The Kier molecular flexibility index (Phi) is 3.94. The molecule has 0 spiro atoms. The first-order chi connectivity index (χ1) is 9.86. The molecule has 0 bridgehead atoms. The first kappa shape index (κ1) is 14.6. The van der Waals surface area contributed by atoms with Crippen molar-refractivity contribution in [2.45, 2.75) is 6.92 Å². The Morgan fingerprint density at radius 2 is 1.71 bits per heavy atom. The van der Waals surface area contributed by atoms with Crippen LogP contribution >= 0.6 is 11.3 Å². The number of aryl methyl sites for hydroxylation is 1. The Bertz CT molecular complexity index is 721. The Morgan fingerprint density at radius 3 is 2.14 bits per heavy atom. The number of carbonyl (C=O) groups is 2. The second-order valence-corrected chi connectivity index (χ2v) is 5.00. The highest BCUT2D eigenvalue weighted by atomic mass is 32.1. The number of carbonyl (C=O) groups excluding carboxylic acids is 2. The third-order valence-corrected chi connectivity index (χ3v) is 3.30. The summed E-state index contributed by atoms with van der Waals surface area (Å²) in [6.45, 7) is 1.69. The van der Waals surface area contributed by atoms with Crippen LogP contribution in [-0.2, 0) is 0 Å². The number of thiazole rings is 1. The maximum Gasteiger partial charge on any atom is 0.182 e. The number of aromatic nitrogens is 1. The number of benzene rings is 1. The quantitative estimate of drug-likeness (QED) is 0.797. The van der Waals surface area contributed by atoms with E-state index in [9.17, 15) is 19.8 Å². The lowest BCUT2D eigenvalue weighted by atomic mass is 10.1. The summed E-state index contributed by atoms with van der Waals surface area (Å²) in [5.74, 6) is -3.04.